The van der Waals surface area contributed by atoms with E-state index in [9.17, 15) is 9.90 Å². The van der Waals surface area contributed by atoms with Crippen molar-refractivity contribution in [1.82, 2.24) is 9.36 Å². The maximum absolute atomic E-state index is 13.6. The van der Waals surface area contributed by atoms with Crippen molar-refractivity contribution >= 4 is 27.5 Å². The largest absolute Gasteiger partial charge is 0.346 e. The first-order chi connectivity index (χ1) is 14.4. The van der Waals surface area contributed by atoms with Crippen molar-refractivity contribution < 1.29 is 9.68 Å². The lowest BCUT2D eigenvalue weighted by molar-refractivity contribution is -0.652. The second-order valence-electron chi connectivity index (χ2n) is 7.99. The van der Waals surface area contributed by atoms with E-state index in [1.807, 2.05) is 78.2 Å². The average Bonchev–Trinajstić information content (AvgIpc) is 3.39. The normalized spacial score (nSPS) is 20.9. The number of halogens is 1. The second kappa shape index (κ2) is 6.96. The molecule has 0 aliphatic carbocycles. The van der Waals surface area contributed by atoms with Crippen molar-refractivity contribution in [1.29, 1.82) is 0 Å². The third-order valence-electron chi connectivity index (χ3n) is 6.33. The summed E-state index contributed by atoms with van der Waals surface area (Å²) >= 11 is 3.47. The minimum absolute atomic E-state index is 0.0689. The summed E-state index contributed by atoms with van der Waals surface area (Å²) in [5.41, 5.74) is 1.96. The lowest BCUT2D eigenvalue weighted by Crippen LogP contribution is -2.41. The topological polar surface area (TPSA) is 53.4 Å². The third-order valence-corrected chi connectivity index (χ3v) is 6.86. The Hall–Kier alpha value is -2.64. The Morgan fingerprint density at radius 2 is 1.80 bits per heavy atom. The van der Waals surface area contributed by atoms with E-state index in [1.54, 1.807) is 4.68 Å². The number of aliphatic hydroxyl groups is 1. The minimum Gasteiger partial charge on any atom is -0.346 e. The summed E-state index contributed by atoms with van der Waals surface area (Å²) in [6.45, 7) is 3.07. The first-order valence-electron chi connectivity index (χ1n) is 10.2. The molecule has 7 heteroatoms. The van der Waals surface area contributed by atoms with Gasteiger partial charge in [0.2, 0.25) is 5.69 Å². The van der Waals surface area contributed by atoms with Crippen molar-refractivity contribution in [2.45, 2.75) is 25.5 Å². The van der Waals surface area contributed by atoms with Crippen LogP contribution in [0.4, 0.5) is 5.69 Å². The van der Waals surface area contributed by atoms with Gasteiger partial charge in [-0.15, -0.1) is 0 Å². The van der Waals surface area contributed by atoms with Crippen LogP contribution >= 0.6 is 15.9 Å². The zero-order valence-corrected chi connectivity index (χ0v) is 18.6. The van der Waals surface area contributed by atoms with Gasteiger partial charge in [-0.2, -0.15) is 0 Å². The molecule has 30 heavy (non-hydrogen) atoms. The molecule has 0 saturated heterocycles. The molecule has 1 N–H and O–H groups in total. The molecule has 0 saturated carbocycles. The fourth-order valence-electron chi connectivity index (χ4n) is 4.77. The molecule has 0 amide bonds. The van der Waals surface area contributed by atoms with E-state index >= 15 is 0 Å². The minimum atomic E-state index is -1.15. The Bertz CT molecular complexity index is 1210. The molecule has 0 radical (unpaired) electrons. The highest BCUT2D eigenvalue weighted by Crippen LogP contribution is 2.36. The zero-order chi connectivity index (χ0) is 21.0. The van der Waals surface area contributed by atoms with Crippen LogP contribution in [-0.2, 0) is 12.8 Å². The highest BCUT2D eigenvalue weighted by Gasteiger charge is 2.55. The summed E-state index contributed by atoms with van der Waals surface area (Å²) in [6, 6.07) is 17.5. The fourth-order valence-corrected chi connectivity index (χ4v) is 5.04. The SMILES string of the molecule is Cc1c(N2C[C@](O)(c3ccc(Br)cc3)[N+]3=C2CCC3)c(=O)n(-c2ccccc2)n1C. The number of benzene rings is 2. The Kier molecular flexibility index (Phi) is 4.48. The number of anilines is 1. The van der Waals surface area contributed by atoms with E-state index in [4.69, 9.17) is 0 Å². The molecule has 0 fully saturated rings. The summed E-state index contributed by atoms with van der Waals surface area (Å²) < 4.78 is 6.63. The van der Waals surface area contributed by atoms with Crippen molar-refractivity contribution in [2.75, 3.05) is 18.0 Å². The van der Waals surface area contributed by atoms with Gasteiger partial charge in [0, 0.05) is 17.1 Å². The van der Waals surface area contributed by atoms with Crippen molar-refractivity contribution in [3.8, 4) is 5.69 Å². The molecule has 3 heterocycles. The van der Waals surface area contributed by atoms with Crippen LogP contribution in [0.25, 0.3) is 5.69 Å². The number of aromatic nitrogens is 2. The van der Waals surface area contributed by atoms with Gasteiger partial charge >= 0.3 is 5.56 Å². The molecule has 2 aliphatic rings. The van der Waals surface area contributed by atoms with E-state index in [0.29, 0.717) is 12.2 Å². The van der Waals surface area contributed by atoms with Gasteiger partial charge in [0.15, 0.2) is 6.54 Å². The molecule has 2 aromatic carbocycles. The monoisotopic (exact) mass is 467 g/mol. The number of amidine groups is 1. The van der Waals surface area contributed by atoms with Crippen molar-refractivity contribution in [3.63, 3.8) is 0 Å². The third kappa shape index (κ3) is 2.72. The van der Waals surface area contributed by atoms with Crippen LogP contribution in [0.5, 0.6) is 0 Å². The molecule has 1 atom stereocenters. The maximum Gasteiger partial charge on any atom is 0.318 e. The first-order valence-corrected chi connectivity index (χ1v) is 10.9. The van der Waals surface area contributed by atoms with Crippen LogP contribution in [0.15, 0.2) is 63.9 Å². The maximum atomic E-state index is 13.6. The predicted molar refractivity (Wildman–Crippen MR) is 121 cm³/mol. The predicted octanol–water partition coefficient (Wildman–Crippen LogP) is 3.12. The Morgan fingerprint density at radius 3 is 2.50 bits per heavy atom. The molecular formula is C23H24BrN4O2+. The highest BCUT2D eigenvalue weighted by molar-refractivity contribution is 9.10. The Morgan fingerprint density at radius 1 is 1.10 bits per heavy atom. The lowest BCUT2D eigenvalue weighted by atomic mass is 10.0. The van der Waals surface area contributed by atoms with Crippen LogP contribution < -0.4 is 10.5 Å². The van der Waals surface area contributed by atoms with E-state index < -0.39 is 5.72 Å². The summed E-state index contributed by atoms with van der Waals surface area (Å²) in [5, 5.41) is 11.8. The summed E-state index contributed by atoms with van der Waals surface area (Å²) in [5.74, 6) is 1.02. The molecule has 0 unspecified atom stereocenters. The fraction of sp³-hybridized carbons (Fsp3) is 0.304. The molecule has 0 bridgehead atoms. The highest BCUT2D eigenvalue weighted by atomic mass is 79.9. The number of nitrogens with zero attached hydrogens (tertiary/aromatic N) is 4. The van der Waals surface area contributed by atoms with E-state index in [2.05, 4.69) is 20.5 Å². The van der Waals surface area contributed by atoms with Crippen LogP contribution in [0.3, 0.4) is 0 Å². The summed E-state index contributed by atoms with van der Waals surface area (Å²) in [4.78, 5) is 15.6. The Labute approximate surface area is 183 Å². The molecule has 3 aromatic rings. The molecule has 5 rings (SSSR count). The van der Waals surface area contributed by atoms with Crippen LogP contribution in [0.2, 0.25) is 0 Å². The molecular weight excluding hydrogens is 444 g/mol. The van der Waals surface area contributed by atoms with E-state index in [0.717, 1.165) is 46.6 Å². The van der Waals surface area contributed by atoms with Gasteiger partial charge in [-0.05, 0) is 37.6 Å². The van der Waals surface area contributed by atoms with Gasteiger partial charge in [-0.25, -0.2) is 14.2 Å². The Balaban J connectivity index is 1.64. The van der Waals surface area contributed by atoms with E-state index in [1.165, 1.54) is 0 Å². The van der Waals surface area contributed by atoms with Crippen LogP contribution in [0.1, 0.15) is 24.1 Å². The van der Waals surface area contributed by atoms with Gasteiger partial charge < -0.3 is 5.11 Å². The van der Waals surface area contributed by atoms with Crippen molar-refractivity contribution in [3.05, 3.63) is 80.7 Å². The van der Waals surface area contributed by atoms with E-state index in [-0.39, 0.29) is 5.56 Å². The number of rotatable bonds is 3. The van der Waals surface area contributed by atoms with Gasteiger partial charge in [0.05, 0.1) is 24.3 Å². The van der Waals surface area contributed by atoms with Crippen LogP contribution in [0, 0.1) is 6.92 Å². The quantitative estimate of drug-likeness (QED) is 0.602. The molecule has 154 valence electrons. The van der Waals surface area contributed by atoms with Gasteiger partial charge in [0.25, 0.3) is 11.6 Å². The first kappa shape index (κ1) is 19.3. The summed E-state index contributed by atoms with van der Waals surface area (Å²) in [7, 11) is 1.90. The second-order valence-corrected chi connectivity index (χ2v) is 8.91. The summed E-state index contributed by atoms with van der Waals surface area (Å²) in [6.07, 6.45) is 1.81. The molecule has 1 aromatic heterocycles. The number of para-hydroxylation sites is 1. The number of hydrogen-bond acceptors (Lipinski definition) is 3. The zero-order valence-electron chi connectivity index (χ0n) is 17.0. The van der Waals surface area contributed by atoms with Crippen LogP contribution in [-0.4, -0.2) is 38.0 Å². The molecule has 2 aliphatic heterocycles. The average molecular weight is 468 g/mol. The molecule has 0 spiro atoms. The van der Waals surface area contributed by atoms with Crippen molar-refractivity contribution in [2.24, 2.45) is 7.05 Å². The number of hydrogen-bond donors (Lipinski definition) is 1. The smallest absolute Gasteiger partial charge is 0.318 e. The number of β-amino-alcohol motifs (C(OH)–C–C–N with tert-alkyl or cyclic N) is 1. The van der Waals surface area contributed by atoms with Gasteiger partial charge in [-0.1, -0.05) is 46.3 Å². The van der Waals surface area contributed by atoms with Gasteiger partial charge in [-0.3, -0.25) is 9.48 Å². The van der Waals surface area contributed by atoms with Gasteiger partial charge in [0.1, 0.15) is 0 Å². The lowest BCUT2D eigenvalue weighted by Gasteiger charge is -2.23. The standard InChI is InChI=1S/C23H24BrN4O2/c1-16-21(22(29)28(25(16)2)19-7-4-3-5-8-19)26-15-23(30,27-14-6-9-20(26)27)17-10-12-18(24)13-11-17/h3-5,7-8,10-13,30H,6,9,14-15H2,1-2H3/q+1/t23-/m0/s1. The molecule has 6 nitrogen and oxygen atoms in total.